The minimum atomic E-state index is -1.81. The Bertz CT molecular complexity index is 1480. The minimum Gasteiger partial charge on any atom is -0.467 e. The lowest BCUT2D eigenvalue weighted by atomic mass is 9.97. The van der Waals surface area contributed by atoms with E-state index < -0.39 is 77.0 Å². The second-order valence-corrected chi connectivity index (χ2v) is 10.5. The molecule has 2 aromatic carbocycles. The number of methoxy groups -OCH3 is 1. The minimum absolute atomic E-state index is 0.0286. The Hall–Kier alpha value is -5.29. The highest BCUT2D eigenvalue weighted by atomic mass is 16.7. The number of carbonyl (C=O) groups is 5. The zero-order chi connectivity index (χ0) is 36.1. The number of benzene rings is 2. The van der Waals surface area contributed by atoms with Crippen LogP contribution in [0.1, 0.15) is 38.8 Å². The number of nitro groups is 1. The van der Waals surface area contributed by atoms with E-state index in [2.05, 4.69) is 0 Å². The first-order chi connectivity index (χ1) is 23.3. The van der Waals surface area contributed by atoms with Gasteiger partial charge in [-0.1, -0.05) is 36.4 Å². The van der Waals surface area contributed by atoms with Gasteiger partial charge in [-0.05, 0) is 30.5 Å². The zero-order valence-electron chi connectivity index (χ0n) is 27.6. The molecule has 266 valence electrons. The molecule has 1 heterocycles. The van der Waals surface area contributed by atoms with E-state index in [-0.39, 0.29) is 25.4 Å². The molecule has 0 spiro atoms. The molecule has 2 aromatic rings. The smallest absolute Gasteiger partial charge is 0.411 e. The third kappa shape index (κ3) is 11.1. The van der Waals surface area contributed by atoms with Crippen molar-refractivity contribution in [3.8, 4) is 5.75 Å². The molecule has 3 rings (SSSR count). The van der Waals surface area contributed by atoms with Crippen LogP contribution in [-0.4, -0.2) is 97.5 Å². The van der Waals surface area contributed by atoms with Crippen molar-refractivity contribution in [3.63, 3.8) is 0 Å². The summed E-state index contributed by atoms with van der Waals surface area (Å²) < 4.78 is 42.9. The highest BCUT2D eigenvalue weighted by molar-refractivity contribution is 5.77. The summed E-state index contributed by atoms with van der Waals surface area (Å²) in [4.78, 5) is 73.9. The van der Waals surface area contributed by atoms with E-state index in [0.29, 0.717) is 13.0 Å². The average Bonchev–Trinajstić information content (AvgIpc) is 3.06. The lowest BCUT2D eigenvalue weighted by molar-refractivity contribution is -0.387. The number of nitro benzene ring substituents is 1. The van der Waals surface area contributed by atoms with E-state index in [1.54, 1.807) is 6.92 Å². The molecule has 1 aliphatic heterocycles. The first kappa shape index (κ1) is 38.2. The van der Waals surface area contributed by atoms with Gasteiger partial charge in [0.15, 0.2) is 24.1 Å². The average molecular weight is 691 g/mol. The highest BCUT2D eigenvalue weighted by Gasteiger charge is 2.56. The van der Waals surface area contributed by atoms with Crippen molar-refractivity contribution >= 4 is 35.7 Å². The van der Waals surface area contributed by atoms with Gasteiger partial charge < -0.3 is 37.9 Å². The molecular formula is C32H38N2O15. The third-order valence-electron chi connectivity index (χ3n) is 6.93. The number of hydrogen-bond acceptors (Lipinski definition) is 15. The van der Waals surface area contributed by atoms with E-state index in [1.165, 1.54) is 17.0 Å². The van der Waals surface area contributed by atoms with Crippen LogP contribution in [0.15, 0.2) is 48.5 Å². The van der Waals surface area contributed by atoms with Gasteiger partial charge in [0.25, 0.3) is 0 Å². The fourth-order valence-electron chi connectivity index (χ4n) is 4.71. The maximum atomic E-state index is 12.7. The summed E-state index contributed by atoms with van der Waals surface area (Å²) in [6, 6.07) is 13.3. The van der Waals surface area contributed by atoms with Gasteiger partial charge in [-0.15, -0.1) is 0 Å². The molecule has 1 amide bonds. The Morgan fingerprint density at radius 2 is 1.51 bits per heavy atom. The molecule has 0 bridgehead atoms. The van der Waals surface area contributed by atoms with Gasteiger partial charge in [-0.25, -0.2) is 9.59 Å². The van der Waals surface area contributed by atoms with E-state index >= 15 is 0 Å². The maximum absolute atomic E-state index is 12.7. The van der Waals surface area contributed by atoms with Crippen LogP contribution in [0.4, 0.5) is 10.5 Å². The molecule has 1 saturated heterocycles. The van der Waals surface area contributed by atoms with E-state index in [9.17, 15) is 34.1 Å². The highest BCUT2D eigenvalue weighted by Crippen LogP contribution is 2.35. The summed E-state index contributed by atoms with van der Waals surface area (Å²) in [6.07, 6.45) is -8.63. The second kappa shape index (κ2) is 18.3. The van der Waals surface area contributed by atoms with Crippen molar-refractivity contribution in [2.24, 2.45) is 0 Å². The summed E-state index contributed by atoms with van der Waals surface area (Å²) in [6.45, 7) is 5.07. The molecule has 17 nitrogen and oxygen atoms in total. The number of ether oxygens (including phenoxy) is 8. The summed E-state index contributed by atoms with van der Waals surface area (Å²) in [5.74, 6) is -4.21. The van der Waals surface area contributed by atoms with Crippen molar-refractivity contribution in [3.05, 3.63) is 69.8 Å². The maximum Gasteiger partial charge on any atom is 0.411 e. The molecule has 0 aromatic heterocycles. The summed E-state index contributed by atoms with van der Waals surface area (Å²) >= 11 is 0. The van der Waals surface area contributed by atoms with Gasteiger partial charge in [-0.2, -0.15) is 0 Å². The molecule has 17 heteroatoms. The normalized spacial score (nSPS) is 19.9. The van der Waals surface area contributed by atoms with E-state index in [1.807, 2.05) is 30.3 Å². The predicted octanol–water partition coefficient (Wildman–Crippen LogP) is 2.84. The summed E-state index contributed by atoms with van der Waals surface area (Å²) in [7, 11) is 1.01. The topological polar surface area (TPSA) is 206 Å². The van der Waals surface area contributed by atoms with Crippen molar-refractivity contribution in [1.82, 2.24) is 4.90 Å². The lowest BCUT2D eigenvalue weighted by Crippen LogP contribution is -2.64. The molecule has 49 heavy (non-hydrogen) atoms. The lowest BCUT2D eigenvalue weighted by Gasteiger charge is -2.42. The first-order valence-electron chi connectivity index (χ1n) is 15.1. The predicted molar refractivity (Wildman–Crippen MR) is 165 cm³/mol. The van der Waals surface area contributed by atoms with Crippen LogP contribution in [0.3, 0.4) is 0 Å². The quantitative estimate of drug-likeness (QED) is 0.0658. The van der Waals surface area contributed by atoms with Gasteiger partial charge >= 0.3 is 35.7 Å². The van der Waals surface area contributed by atoms with Crippen molar-refractivity contribution in [2.75, 3.05) is 27.0 Å². The largest absolute Gasteiger partial charge is 0.467 e. The Balaban J connectivity index is 1.78. The van der Waals surface area contributed by atoms with Crippen LogP contribution in [0.2, 0.25) is 0 Å². The van der Waals surface area contributed by atoms with Gasteiger partial charge in [0.1, 0.15) is 13.3 Å². The molecular weight excluding hydrogens is 652 g/mol. The van der Waals surface area contributed by atoms with Crippen molar-refractivity contribution < 1.29 is 66.8 Å². The Morgan fingerprint density at radius 1 is 0.878 bits per heavy atom. The van der Waals surface area contributed by atoms with Crippen molar-refractivity contribution in [1.29, 1.82) is 0 Å². The van der Waals surface area contributed by atoms with Crippen molar-refractivity contribution in [2.45, 2.75) is 71.4 Å². The molecule has 0 radical (unpaired) electrons. The molecule has 3 unspecified atom stereocenters. The zero-order valence-corrected chi connectivity index (χ0v) is 27.6. The fourth-order valence-corrected chi connectivity index (χ4v) is 4.71. The Morgan fingerprint density at radius 3 is 2.10 bits per heavy atom. The molecule has 0 saturated carbocycles. The van der Waals surface area contributed by atoms with E-state index in [0.717, 1.165) is 39.5 Å². The first-order valence-corrected chi connectivity index (χ1v) is 15.1. The van der Waals surface area contributed by atoms with Gasteiger partial charge in [0, 0.05) is 33.4 Å². The number of esters is 4. The molecule has 1 fully saturated rings. The second-order valence-electron chi connectivity index (χ2n) is 10.5. The van der Waals surface area contributed by atoms with Crippen LogP contribution >= 0.6 is 0 Å². The van der Waals surface area contributed by atoms with Crippen LogP contribution < -0.4 is 4.74 Å². The van der Waals surface area contributed by atoms with E-state index in [4.69, 9.17) is 37.9 Å². The fraction of sp³-hybridized carbons (Fsp3) is 0.469. The third-order valence-corrected chi connectivity index (χ3v) is 6.93. The Kier molecular flexibility index (Phi) is 14.3. The van der Waals surface area contributed by atoms with Crippen LogP contribution in [0.5, 0.6) is 5.75 Å². The number of nitrogens with zero attached hydrogens (tertiary/aromatic N) is 2. The molecule has 0 N–H and O–H groups in total. The summed E-state index contributed by atoms with van der Waals surface area (Å²) in [5, 5.41) is 12.1. The monoisotopic (exact) mass is 690 g/mol. The number of rotatable bonds is 15. The number of amides is 1. The molecule has 1 aliphatic rings. The summed E-state index contributed by atoms with van der Waals surface area (Å²) in [5.41, 5.74) is 0.684. The van der Waals surface area contributed by atoms with Crippen LogP contribution in [0.25, 0.3) is 0 Å². The Labute approximate surface area is 281 Å². The number of carbonyl (C=O) groups excluding carboxylic acids is 5. The van der Waals surface area contributed by atoms with Crippen LogP contribution in [0, 0.1) is 10.1 Å². The van der Waals surface area contributed by atoms with Crippen LogP contribution in [-0.2, 0) is 65.4 Å². The molecule has 5 atom stereocenters. The van der Waals surface area contributed by atoms with Gasteiger partial charge in [0.2, 0.25) is 12.4 Å². The standard InChI is InChI=1S/C32H38N2O15/c1-6-33(18-43-15-14-22-10-8-7-9-11-22)32(39)44-17-23-12-13-25(24(16-23)34(40)41)48-31-29(47-21(4)37)27(46-20(3)36)26(45-19(2)35)28(49-31)30(38)42-5/h7-13,16,26-29,31H,6,14-15,17-18H2,1-5H3/t26?,27-,28?,29?,31-/m0/s1. The SMILES string of the molecule is CCN(COCCc1ccccc1)C(=O)OCc1ccc(O[C@H]2OC(C(=O)OC)C(OC(C)=O)[C@H](OC(C)=O)C2OC(C)=O)c([N+](=O)[O-])c1. The molecule has 0 aliphatic carbocycles. The van der Waals surface area contributed by atoms with Gasteiger partial charge in [0.05, 0.1) is 18.6 Å². The number of hydrogen-bond donors (Lipinski definition) is 0. The van der Waals surface area contributed by atoms with Gasteiger partial charge in [-0.3, -0.25) is 29.4 Å².